The van der Waals surface area contributed by atoms with E-state index in [0.29, 0.717) is 16.8 Å². The van der Waals surface area contributed by atoms with Gasteiger partial charge in [-0.15, -0.1) is 0 Å². The fraction of sp³-hybridized carbons (Fsp3) is 0.0909. The molecule has 0 aliphatic heterocycles. The van der Waals surface area contributed by atoms with Gasteiger partial charge in [0, 0.05) is 30.0 Å². The maximum absolute atomic E-state index is 12.3. The molecule has 0 aliphatic rings. The molecule has 0 bridgehead atoms. The summed E-state index contributed by atoms with van der Waals surface area (Å²) in [4.78, 5) is 24.2. The zero-order valence-corrected chi connectivity index (χ0v) is 15.1. The molecule has 6 heteroatoms. The Kier molecular flexibility index (Phi) is 4.93. The van der Waals surface area contributed by atoms with Crippen LogP contribution in [0.3, 0.4) is 0 Å². The van der Waals surface area contributed by atoms with Crippen LogP contribution in [0.15, 0.2) is 88.1 Å². The van der Waals surface area contributed by atoms with Gasteiger partial charge in [0.25, 0.3) is 0 Å². The molecular formula is C22H19N3O3. The minimum atomic E-state index is -0.453. The van der Waals surface area contributed by atoms with Crippen LogP contribution in [0.1, 0.15) is 6.42 Å². The summed E-state index contributed by atoms with van der Waals surface area (Å²) in [6.07, 6.45) is 0.174. The molecular weight excluding hydrogens is 354 g/mol. The minimum Gasteiger partial charge on any atom is -0.408 e. The first-order chi connectivity index (χ1) is 13.7. The summed E-state index contributed by atoms with van der Waals surface area (Å²) in [5.41, 5.74) is 3.84. The van der Waals surface area contributed by atoms with Crippen LogP contribution >= 0.6 is 0 Å². The van der Waals surface area contributed by atoms with Gasteiger partial charge in [-0.2, -0.15) is 0 Å². The molecule has 4 aromatic rings. The summed E-state index contributed by atoms with van der Waals surface area (Å²) in [6.45, 7) is 0.259. The van der Waals surface area contributed by atoms with Crippen molar-refractivity contribution in [2.75, 3.05) is 10.6 Å². The molecule has 28 heavy (non-hydrogen) atoms. The molecule has 2 N–H and O–H groups in total. The van der Waals surface area contributed by atoms with Crippen LogP contribution in [0.5, 0.6) is 0 Å². The highest BCUT2D eigenvalue weighted by molar-refractivity contribution is 5.91. The van der Waals surface area contributed by atoms with E-state index in [2.05, 4.69) is 10.6 Å². The van der Waals surface area contributed by atoms with Crippen molar-refractivity contribution < 1.29 is 9.21 Å². The number of fused-ring (bicyclic) bond motifs is 1. The number of para-hydroxylation sites is 3. The van der Waals surface area contributed by atoms with Crippen molar-refractivity contribution in [3.8, 4) is 0 Å². The fourth-order valence-corrected chi connectivity index (χ4v) is 2.99. The highest BCUT2D eigenvalue weighted by atomic mass is 16.4. The van der Waals surface area contributed by atoms with Gasteiger partial charge in [0.2, 0.25) is 5.91 Å². The lowest BCUT2D eigenvalue weighted by Crippen LogP contribution is -2.19. The Hall–Kier alpha value is -3.80. The second-order valence-electron chi connectivity index (χ2n) is 6.35. The van der Waals surface area contributed by atoms with Crippen LogP contribution < -0.4 is 16.4 Å². The summed E-state index contributed by atoms with van der Waals surface area (Å²) in [7, 11) is 0. The summed E-state index contributed by atoms with van der Waals surface area (Å²) >= 11 is 0. The van der Waals surface area contributed by atoms with Crippen LogP contribution in [-0.4, -0.2) is 10.5 Å². The predicted molar refractivity (Wildman–Crippen MR) is 110 cm³/mol. The van der Waals surface area contributed by atoms with Crippen molar-refractivity contribution in [2.24, 2.45) is 0 Å². The van der Waals surface area contributed by atoms with E-state index in [-0.39, 0.29) is 18.9 Å². The van der Waals surface area contributed by atoms with Gasteiger partial charge in [-0.3, -0.25) is 9.36 Å². The van der Waals surface area contributed by atoms with E-state index in [9.17, 15) is 9.59 Å². The summed E-state index contributed by atoms with van der Waals surface area (Å²) in [5.74, 6) is -0.619. The third-order valence-electron chi connectivity index (χ3n) is 4.37. The third kappa shape index (κ3) is 3.96. The van der Waals surface area contributed by atoms with Gasteiger partial charge in [-0.25, -0.2) is 4.79 Å². The SMILES string of the molecule is O=C(CCn1c(=O)oc2ccccc21)Nc1ccc(Nc2ccccc2)cc1. The highest BCUT2D eigenvalue weighted by Gasteiger charge is 2.10. The quantitative estimate of drug-likeness (QED) is 0.526. The lowest BCUT2D eigenvalue weighted by molar-refractivity contribution is -0.116. The Morgan fingerprint density at radius 1 is 0.821 bits per heavy atom. The first-order valence-corrected chi connectivity index (χ1v) is 8.99. The van der Waals surface area contributed by atoms with E-state index in [4.69, 9.17) is 4.42 Å². The van der Waals surface area contributed by atoms with E-state index in [1.54, 1.807) is 18.2 Å². The second-order valence-corrected chi connectivity index (χ2v) is 6.35. The second kappa shape index (κ2) is 7.84. The van der Waals surface area contributed by atoms with Crippen molar-refractivity contribution in [3.63, 3.8) is 0 Å². The van der Waals surface area contributed by atoms with Crippen LogP contribution in [0.2, 0.25) is 0 Å². The Balaban J connectivity index is 1.36. The third-order valence-corrected chi connectivity index (χ3v) is 4.37. The van der Waals surface area contributed by atoms with Gasteiger partial charge in [0.15, 0.2) is 5.58 Å². The van der Waals surface area contributed by atoms with Gasteiger partial charge >= 0.3 is 5.76 Å². The van der Waals surface area contributed by atoms with Gasteiger partial charge in [-0.1, -0.05) is 30.3 Å². The number of benzene rings is 3. The topological polar surface area (TPSA) is 76.3 Å². The average Bonchev–Trinajstić information content (AvgIpc) is 3.04. The van der Waals surface area contributed by atoms with Gasteiger partial charge in [0.1, 0.15) is 0 Å². The van der Waals surface area contributed by atoms with E-state index in [1.807, 2.05) is 60.7 Å². The lowest BCUT2D eigenvalue weighted by atomic mass is 10.2. The van der Waals surface area contributed by atoms with Crippen molar-refractivity contribution >= 4 is 34.1 Å². The maximum Gasteiger partial charge on any atom is 0.419 e. The minimum absolute atomic E-state index is 0.166. The van der Waals surface area contributed by atoms with Crippen LogP contribution in [0, 0.1) is 0 Å². The molecule has 0 atom stereocenters. The Morgan fingerprint density at radius 3 is 2.25 bits per heavy atom. The Labute approximate surface area is 161 Å². The van der Waals surface area contributed by atoms with E-state index in [1.165, 1.54) is 4.57 Å². The Bertz CT molecular complexity index is 1150. The van der Waals surface area contributed by atoms with Crippen molar-refractivity contribution in [1.82, 2.24) is 4.57 Å². The summed E-state index contributed by atoms with van der Waals surface area (Å²) in [6, 6.07) is 24.5. The summed E-state index contributed by atoms with van der Waals surface area (Å²) < 4.78 is 6.65. The molecule has 0 saturated heterocycles. The molecule has 0 unspecified atom stereocenters. The number of rotatable bonds is 6. The normalized spacial score (nSPS) is 10.7. The molecule has 3 aromatic carbocycles. The number of anilines is 3. The predicted octanol–water partition coefficient (Wildman–Crippen LogP) is 4.37. The number of carbonyl (C=O) groups is 1. The monoisotopic (exact) mass is 373 g/mol. The number of carbonyl (C=O) groups excluding carboxylic acids is 1. The number of oxazole rings is 1. The van der Waals surface area contributed by atoms with Crippen LogP contribution in [0.4, 0.5) is 17.1 Å². The highest BCUT2D eigenvalue weighted by Crippen LogP contribution is 2.19. The molecule has 1 aromatic heterocycles. The molecule has 1 amide bonds. The first kappa shape index (κ1) is 17.6. The van der Waals surface area contributed by atoms with Gasteiger partial charge in [-0.05, 0) is 48.5 Å². The van der Waals surface area contributed by atoms with Crippen molar-refractivity contribution in [1.29, 1.82) is 0 Å². The Morgan fingerprint density at radius 2 is 1.46 bits per heavy atom. The zero-order chi connectivity index (χ0) is 19.3. The average molecular weight is 373 g/mol. The van der Waals surface area contributed by atoms with E-state index < -0.39 is 5.76 Å². The zero-order valence-electron chi connectivity index (χ0n) is 15.1. The smallest absolute Gasteiger partial charge is 0.408 e. The number of hydrogen-bond acceptors (Lipinski definition) is 4. The number of nitrogens with one attached hydrogen (secondary N) is 2. The van der Waals surface area contributed by atoms with Crippen LogP contribution in [0.25, 0.3) is 11.1 Å². The number of aromatic nitrogens is 1. The molecule has 4 rings (SSSR count). The molecule has 0 aliphatic carbocycles. The van der Waals surface area contributed by atoms with Crippen LogP contribution in [-0.2, 0) is 11.3 Å². The van der Waals surface area contributed by atoms with Crippen molar-refractivity contribution in [2.45, 2.75) is 13.0 Å². The standard InChI is InChI=1S/C22H19N3O3/c26-21(14-15-25-19-8-4-5-9-20(19)28-22(25)27)24-18-12-10-17(11-13-18)23-16-6-2-1-3-7-16/h1-13,23H,14-15H2,(H,24,26). The maximum atomic E-state index is 12.3. The number of amides is 1. The number of hydrogen-bond donors (Lipinski definition) is 2. The van der Waals surface area contributed by atoms with E-state index >= 15 is 0 Å². The molecule has 140 valence electrons. The number of aryl methyl sites for hydroxylation is 1. The van der Waals surface area contributed by atoms with Gasteiger partial charge in [0.05, 0.1) is 5.52 Å². The molecule has 1 heterocycles. The summed E-state index contributed by atoms with van der Waals surface area (Å²) in [5, 5.41) is 6.14. The van der Waals surface area contributed by atoms with E-state index in [0.717, 1.165) is 11.4 Å². The fourth-order valence-electron chi connectivity index (χ4n) is 2.99. The number of nitrogens with zero attached hydrogens (tertiary/aromatic N) is 1. The first-order valence-electron chi connectivity index (χ1n) is 8.99. The molecule has 0 saturated carbocycles. The molecule has 0 radical (unpaired) electrons. The molecule has 0 spiro atoms. The largest absolute Gasteiger partial charge is 0.419 e. The van der Waals surface area contributed by atoms with Crippen molar-refractivity contribution in [3.05, 3.63) is 89.4 Å². The molecule has 6 nitrogen and oxygen atoms in total. The molecule has 0 fully saturated rings. The van der Waals surface area contributed by atoms with Gasteiger partial charge < -0.3 is 15.1 Å². The lowest BCUT2D eigenvalue weighted by Gasteiger charge is -2.09.